The highest BCUT2D eigenvalue weighted by Crippen LogP contribution is 2.31. The molecule has 138 valence electrons. The standard InChI is InChI=1S/C18H20N2O6/c1-10-13-8-11(4-5-12(13)16(23)26-20-10)19-15(22)14(21)9-18(2,3)17-24-6-7-25-17/h4-5,8,17H,6-7,9H2,1-3H3,(H,19,22). The molecular formula is C18H20N2O6. The van der Waals surface area contributed by atoms with Crippen LogP contribution in [0, 0.1) is 12.3 Å². The summed E-state index contributed by atoms with van der Waals surface area (Å²) in [6, 6.07) is 4.66. The lowest BCUT2D eigenvalue weighted by Gasteiger charge is -2.28. The first-order valence-electron chi connectivity index (χ1n) is 8.26. The molecule has 0 spiro atoms. The third-order valence-corrected chi connectivity index (χ3v) is 4.28. The third kappa shape index (κ3) is 3.66. The van der Waals surface area contributed by atoms with E-state index in [1.165, 1.54) is 12.1 Å². The molecule has 0 bridgehead atoms. The molecule has 8 heteroatoms. The summed E-state index contributed by atoms with van der Waals surface area (Å²) in [5.41, 5.74) is -0.262. The number of hydrogen-bond acceptors (Lipinski definition) is 7. The number of nitrogens with zero attached hydrogens (tertiary/aromatic N) is 1. The van der Waals surface area contributed by atoms with E-state index in [0.29, 0.717) is 35.4 Å². The first-order chi connectivity index (χ1) is 12.3. The molecule has 3 rings (SSSR count). The number of ketones is 1. The summed E-state index contributed by atoms with van der Waals surface area (Å²) in [5.74, 6) is -1.30. The molecule has 0 radical (unpaired) electrons. The molecule has 2 aromatic rings. The minimum atomic E-state index is -0.732. The predicted molar refractivity (Wildman–Crippen MR) is 92.7 cm³/mol. The molecule has 1 aromatic heterocycles. The third-order valence-electron chi connectivity index (χ3n) is 4.28. The Hall–Kier alpha value is -2.58. The maximum absolute atomic E-state index is 12.3. The van der Waals surface area contributed by atoms with Crippen molar-refractivity contribution in [3.05, 3.63) is 34.3 Å². The minimum Gasteiger partial charge on any atom is -0.350 e. The van der Waals surface area contributed by atoms with E-state index >= 15 is 0 Å². The van der Waals surface area contributed by atoms with Gasteiger partial charge in [-0.3, -0.25) is 9.59 Å². The summed E-state index contributed by atoms with van der Waals surface area (Å²) in [5, 5.41) is 7.14. The lowest BCUT2D eigenvalue weighted by atomic mass is 9.86. The number of ether oxygens (including phenoxy) is 2. The fourth-order valence-electron chi connectivity index (χ4n) is 2.90. The zero-order valence-electron chi connectivity index (χ0n) is 14.8. The van der Waals surface area contributed by atoms with Crippen molar-refractivity contribution < 1.29 is 23.6 Å². The summed E-state index contributed by atoms with van der Waals surface area (Å²) in [6.07, 6.45) is -0.519. The van der Waals surface area contributed by atoms with Crippen LogP contribution in [0.25, 0.3) is 10.8 Å². The van der Waals surface area contributed by atoms with E-state index in [1.807, 2.05) is 13.8 Å². The fraction of sp³-hybridized carbons (Fsp3) is 0.444. The molecule has 0 aliphatic carbocycles. The lowest BCUT2D eigenvalue weighted by Crippen LogP contribution is -2.36. The first kappa shape index (κ1) is 18.2. The monoisotopic (exact) mass is 360 g/mol. The topological polar surface area (TPSA) is 108 Å². The smallest absolute Gasteiger partial charge is 0.350 e. The van der Waals surface area contributed by atoms with Crippen LogP contribution in [0.15, 0.2) is 27.5 Å². The molecule has 8 nitrogen and oxygen atoms in total. The highest BCUT2D eigenvalue weighted by Gasteiger charge is 2.37. The number of amides is 1. The Morgan fingerprint density at radius 3 is 2.62 bits per heavy atom. The normalized spacial score (nSPS) is 15.3. The van der Waals surface area contributed by atoms with Gasteiger partial charge in [-0.1, -0.05) is 19.0 Å². The van der Waals surface area contributed by atoms with E-state index in [2.05, 4.69) is 15.0 Å². The van der Waals surface area contributed by atoms with Crippen LogP contribution in [0.5, 0.6) is 0 Å². The molecule has 1 amide bonds. The van der Waals surface area contributed by atoms with Gasteiger partial charge in [0.25, 0.3) is 5.91 Å². The number of benzene rings is 1. The van der Waals surface area contributed by atoms with Crippen molar-refractivity contribution in [3.63, 3.8) is 0 Å². The van der Waals surface area contributed by atoms with Crippen molar-refractivity contribution >= 4 is 28.2 Å². The number of rotatable bonds is 5. The van der Waals surface area contributed by atoms with Crippen molar-refractivity contribution in [2.24, 2.45) is 5.41 Å². The Bertz CT molecular complexity index is 912. The number of hydrogen-bond donors (Lipinski definition) is 1. The second-order valence-corrected chi connectivity index (χ2v) is 6.93. The van der Waals surface area contributed by atoms with E-state index in [-0.39, 0.29) is 6.42 Å². The quantitative estimate of drug-likeness (QED) is 0.810. The summed E-state index contributed by atoms with van der Waals surface area (Å²) < 4.78 is 15.5. The zero-order chi connectivity index (χ0) is 18.9. The van der Waals surface area contributed by atoms with E-state index in [9.17, 15) is 14.4 Å². The molecule has 1 aliphatic heterocycles. The molecular weight excluding hydrogens is 340 g/mol. The maximum atomic E-state index is 12.3. The van der Waals surface area contributed by atoms with Gasteiger partial charge in [0, 0.05) is 22.9 Å². The number of carbonyl (C=O) groups excluding carboxylic acids is 2. The molecule has 0 saturated carbocycles. The Labute approximate surface area is 149 Å². The number of carbonyl (C=O) groups is 2. The predicted octanol–water partition coefficient (Wildman–Crippen LogP) is 1.79. The van der Waals surface area contributed by atoms with Crippen molar-refractivity contribution in [2.45, 2.75) is 33.5 Å². The van der Waals surface area contributed by atoms with Crippen LogP contribution in [0.4, 0.5) is 5.69 Å². The average molecular weight is 360 g/mol. The molecule has 1 fully saturated rings. The van der Waals surface area contributed by atoms with Crippen LogP contribution in [-0.2, 0) is 19.1 Å². The van der Waals surface area contributed by atoms with Crippen molar-refractivity contribution in [1.82, 2.24) is 5.16 Å². The highest BCUT2D eigenvalue weighted by atomic mass is 16.7. The van der Waals surface area contributed by atoms with E-state index < -0.39 is 29.0 Å². The van der Waals surface area contributed by atoms with E-state index in [1.54, 1.807) is 13.0 Å². The van der Waals surface area contributed by atoms with Gasteiger partial charge in [-0.25, -0.2) is 4.79 Å². The summed E-state index contributed by atoms with van der Waals surface area (Å²) in [7, 11) is 0. The van der Waals surface area contributed by atoms with E-state index in [4.69, 9.17) is 9.47 Å². The number of Topliss-reactive ketones (excluding diaryl/α,β-unsaturated/α-hetero) is 1. The molecule has 26 heavy (non-hydrogen) atoms. The summed E-state index contributed by atoms with van der Waals surface area (Å²) in [4.78, 5) is 36.2. The number of aryl methyl sites for hydroxylation is 1. The Morgan fingerprint density at radius 2 is 1.92 bits per heavy atom. The van der Waals surface area contributed by atoms with Gasteiger partial charge >= 0.3 is 5.63 Å². The minimum absolute atomic E-state index is 0.0126. The first-order valence-corrected chi connectivity index (χ1v) is 8.26. The van der Waals surface area contributed by atoms with Crippen LogP contribution < -0.4 is 10.9 Å². The van der Waals surface area contributed by atoms with Crippen molar-refractivity contribution in [2.75, 3.05) is 18.5 Å². The van der Waals surface area contributed by atoms with Crippen LogP contribution >= 0.6 is 0 Å². The fourth-order valence-corrected chi connectivity index (χ4v) is 2.90. The molecule has 1 saturated heterocycles. The molecule has 0 atom stereocenters. The van der Waals surface area contributed by atoms with Gasteiger partial charge in [0.2, 0.25) is 5.78 Å². The highest BCUT2D eigenvalue weighted by molar-refractivity contribution is 6.40. The van der Waals surface area contributed by atoms with Gasteiger partial charge < -0.3 is 19.3 Å². The SMILES string of the molecule is Cc1noc(=O)c2ccc(NC(=O)C(=O)CC(C)(C)C3OCCO3)cc12. The van der Waals surface area contributed by atoms with Crippen LogP contribution in [0.2, 0.25) is 0 Å². The Balaban J connectivity index is 1.73. The lowest BCUT2D eigenvalue weighted by molar-refractivity contribution is -0.146. The molecule has 1 N–H and O–H groups in total. The molecule has 1 aromatic carbocycles. The van der Waals surface area contributed by atoms with Gasteiger partial charge in [0.05, 0.1) is 24.3 Å². The summed E-state index contributed by atoms with van der Waals surface area (Å²) >= 11 is 0. The molecule has 0 unspecified atom stereocenters. The second-order valence-electron chi connectivity index (χ2n) is 6.93. The largest absolute Gasteiger partial charge is 0.366 e. The zero-order valence-corrected chi connectivity index (χ0v) is 14.8. The number of aromatic nitrogens is 1. The molecule has 1 aliphatic rings. The van der Waals surface area contributed by atoms with Gasteiger partial charge in [0.15, 0.2) is 6.29 Å². The van der Waals surface area contributed by atoms with Gasteiger partial charge in [-0.15, -0.1) is 0 Å². The van der Waals surface area contributed by atoms with Crippen molar-refractivity contribution in [1.29, 1.82) is 0 Å². The van der Waals surface area contributed by atoms with Crippen LogP contribution in [0.1, 0.15) is 26.0 Å². The van der Waals surface area contributed by atoms with Crippen molar-refractivity contribution in [3.8, 4) is 0 Å². The maximum Gasteiger partial charge on any atom is 0.366 e. The Kier molecular flexibility index (Phi) is 4.88. The summed E-state index contributed by atoms with van der Waals surface area (Å²) in [6.45, 7) is 6.28. The number of anilines is 1. The van der Waals surface area contributed by atoms with E-state index in [0.717, 1.165) is 0 Å². The van der Waals surface area contributed by atoms with Gasteiger partial charge in [0.1, 0.15) is 0 Å². The Morgan fingerprint density at radius 1 is 1.23 bits per heavy atom. The van der Waals surface area contributed by atoms with Gasteiger partial charge in [-0.2, -0.15) is 0 Å². The van der Waals surface area contributed by atoms with Gasteiger partial charge in [-0.05, 0) is 25.1 Å². The molecule has 2 heterocycles. The number of nitrogens with one attached hydrogen (secondary N) is 1. The second kappa shape index (κ2) is 6.97. The number of fused-ring (bicyclic) bond motifs is 1. The van der Waals surface area contributed by atoms with Crippen LogP contribution in [0.3, 0.4) is 0 Å². The van der Waals surface area contributed by atoms with Crippen LogP contribution in [-0.4, -0.2) is 36.4 Å². The average Bonchev–Trinajstić information content (AvgIpc) is 3.13.